The van der Waals surface area contributed by atoms with Gasteiger partial charge in [-0.15, -0.1) is 0 Å². The Morgan fingerprint density at radius 1 is 1.17 bits per heavy atom. The summed E-state index contributed by atoms with van der Waals surface area (Å²) in [6.07, 6.45) is 0.365. The molecule has 4 N–H and O–H groups in total. The first-order valence-electron chi connectivity index (χ1n) is 9.48. The fourth-order valence-electron chi connectivity index (χ4n) is 3.46. The van der Waals surface area contributed by atoms with E-state index >= 15 is 0 Å². The third kappa shape index (κ3) is 4.11. The number of nitrogens with zero attached hydrogens (tertiary/aromatic N) is 1. The Kier molecular flexibility index (Phi) is 6.20. The van der Waals surface area contributed by atoms with Crippen molar-refractivity contribution in [1.29, 1.82) is 0 Å². The van der Waals surface area contributed by atoms with Gasteiger partial charge in [0, 0.05) is 10.6 Å². The number of benzene rings is 2. The molecule has 0 aromatic heterocycles. The Morgan fingerprint density at radius 2 is 1.83 bits per heavy atom. The lowest BCUT2D eigenvalue weighted by Crippen LogP contribution is -2.87. The van der Waals surface area contributed by atoms with Crippen molar-refractivity contribution >= 4 is 29.4 Å². The molecule has 1 aliphatic rings. The maximum atomic E-state index is 13.0. The molecular formula is C21H24ClN4O3+. The summed E-state index contributed by atoms with van der Waals surface area (Å²) in [5.41, 5.74) is 2.83. The van der Waals surface area contributed by atoms with Gasteiger partial charge in [-0.3, -0.25) is 15.0 Å². The minimum Gasteiger partial charge on any atom is -0.332 e. The highest BCUT2D eigenvalue weighted by Crippen LogP contribution is 2.31. The quantitative estimate of drug-likeness (QED) is 0.602. The van der Waals surface area contributed by atoms with E-state index in [1.807, 2.05) is 38.1 Å². The second kappa shape index (κ2) is 8.63. The standard InChI is InChI=1S/C21H23ClN4O3/c1-3-21(15-9-5-4-6-10-15)19(28)26(20(29)24-21)25-18(27)13-23-14(2)16-11-7-8-12-17(16)22/h4-12,14,23H,3,13H2,1-2H3,(H,24,29)(H,25,27)/p+1/t14-,21+/m1/s1. The van der Waals surface area contributed by atoms with Gasteiger partial charge in [0.05, 0.1) is 0 Å². The maximum absolute atomic E-state index is 13.0. The van der Waals surface area contributed by atoms with Crippen molar-refractivity contribution in [3.05, 3.63) is 70.7 Å². The van der Waals surface area contributed by atoms with Gasteiger partial charge < -0.3 is 10.6 Å². The van der Waals surface area contributed by atoms with E-state index in [0.717, 1.165) is 10.6 Å². The number of hydrogen-bond acceptors (Lipinski definition) is 3. The van der Waals surface area contributed by atoms with Gasteiger partial charge in [0.1, 0.15) is 11.6 Å². The first-order valence-corrected chi connectivity index (χ1v) is 9.86. The molecule has 1 aliphatic heterocycles. The van der Waals surface area contributed by atoms with Gasteiger partial charge in [0.2, 0.25) is 0 Å². The largest absolute Gasteiger partial charge is 0.344 e. The average Bonchev–Trinajstić information content (AvgIpc) is 2.98. The van der Waals surface area contributed by atoms with Crippen LogP contribution < -0.4 is 16.1 Å². The van der Waals surface area contributed by atoms with Crippen LogP contribution in [0, 0.1) is 0 Å². The molecule has 7 nitrogen and oxygen atoms in total. The van der Waals surface area contributed by atoms with Crippen LogP contribution in [-0.2, 0) is 15.1 Å². The summed E-state index contributed by atoms with van der Waals surface area (Å²) >= 11 is 6.19. The predicted octanol–water partition coefficient (Wildman–Crippen LogP) is 1.85. The Balaban J connectivity index is 1.65. The van der Waals surface area contributed by atoms with Crippen LogP contribution in [0.15, 0.2) is 54.6 Å². The number of urea groups is 1. The Bertz CT molecular complexity index is 921. The molecule has 1 heterocycles. The third-order valence-corrected chi connectivity index (χ3v) is 5.52. The van der Waals surface area contributed by atoms with E-state index in [9.17, 15) is 14.4 Å². The molecule has 8 heteroatoms. The fourth-order valence-corrected chi connectivity index (χ4v) is 3.77. The van der Waals surface area contributed by atoms with Gasteiger partial charge >= 0.3 is 6.03 Å². The number of quaternary nitrogens is 1. The summed E-state index contributed by atoms with van der Waals surface area (Å²) in [4.78, 5) is 37.8. The van der Waals surface area contributed by atoms with Crippen molar-refractivity contribution in [1.82, 2.24) is 15.8 Å². The number of amides is 4. The van der Waals surface area contributed by atoms with Crippen LogP contribution in [0.2, 0.25) is 5.02 Å². The topological polar surface area (TPSA) is 95.1 Å². The minimum atomic E-state index is -1.18. The highest BCUT2D eigenvalue weighted by atomic mass is 35.5. The molecule has 0 unspecified atom stereocenters. The second-order valence-corrected chi connectivity index (χ2v) is 7.39. The number of hydrazine groups is 1. The number of rotatable bonds is 7. The number of hydrogen-bond donors (Lipinski definition) is 3. The molecule has 0 bridgehead atoms. The average molecular weight is 416 g/mol. The van der Waals surface area contributed by atoms with E-state index < -0.39 is 23.4 Å². The molecule has 4 amide bonds. The van der Waals surface area contributed by atoms with Gasteiger partial charge in [-0.25, -0.2) is 4.79 Å². The first-order chi connectivity index (χ1) is 13.9. The molecular weight excluding hydrogens is 392 g/mol. The van der Waals surface area contributed by atoms with E-state index in [0.29, 0.717) is 17.0 Å². The molecule has 0 spiro atoms. The molecule has 0 radical (unpaired) electrons. The summed E-state index contributed by atoms with van der Waals surface area (Å²) < 4.78 is 0. The zero-order valence-corrected chi connectivity index (χ0v) is 17.1. The Morgan fingerprint density at radius 3 is 2.48 bits per heavy atom. The molecule has 1 fully saturated rings. The van der Waals surface area contributed by atoms with Crippen LogP contribution in [0.3, 0.4) is 0 Å². The molecule has 2 aromatic rings. The van der Waals surface area contributed by atoms with Crippen LogP contribution in [0.1, 0.15) is 37.4 Å². The SMILES string of the molecule is CC[C@@]1(c2ccccc2)NC(=O)N(NC(=O)C[NH2+][C@H](C)c2ccccc2Cl)C1=O. The van der Waals surface area contributed by atoms with Gasteiger partial charge in [0.25, 0.3) is 11.8 Å². The monoisotopic (exact) mass is 415 g/mol. The van der Waals surface area contributed by atoms with Crippen LogP contribution in [0.5, 0.6) is 0 Å². The van der Waals surface area contributed by atoms with E-state index in [-0.39, 0.29) is 12.6 Å². The predicted molar refractivity (Wildman–Crippen MR) is 109 cm³/mol. The first kappa shape index (κ1) is 20.8. The summed E-state index contributed by atoms with van der Waals surface area (Å²) in [5, 5.41) is 5.92. The normalized spacial score (nSPS) is 19.8. The highest BCUT2D eigenvalue weighted by Gasteiger charge is 2.52. The van der Waals surface area contributed by atoms with Gasteiger partial charge in [-0.05, 0) is 25.0 Å². The maximum Gasteiger partial charge on any atom is 0.344 e. The summed E-state index contributed by atoms with van der Waals surface area (Å²) in [7, 11) is 0. The van der Waals surface area contributed by atoms with Crippen LogP contribution in [0.25, 0.3) is 0 Å². The lowest BCUT2D eigenvalue weighted by atomic mass is 9.87. The number of imide groups is 1. The second-order valence-electron chi connectivity index (χ2n) is 6.98. The molecule has 29 heavy (non-hydrogen) atoms. The molecule has 152 valence electrons. The summed E-state index contributed by atoms with van der Waals surface area (Å²) in [6.45, 7) is 3.78. The number of carbonyl (C=O) groups is 3. The minimum absolute atomic E-state index is 0.0356. The number of halogens is 1. The Hall–Kier alpha value is -2.90. The molecule has 3 rings (SSSR count). The lowest BCUT2D eigenvalue weighted by molar-refractivity contribution is -0.682. The van der Waals surface area contributed by atoms with E-state index in [1.165, 1.54) is 0 Å². The molecule has 1 saturated heterocycles. The molecule has 0 aliphatic carbocycles. The fraction of sp³-hybridized carbons (Fsp3) is 0.286. The molecule has 2 atom stereocenters. The third-order valence-electron chi connectivity index (χ3n) is 5.18. The van der Waals surface area contributed by atoms with Crippen LogP contribution in [0.4, 0.5) is 4.79 Å². The zero-order chi connectivity index (χ0) is 21.0. The zero-order valence-electron chi connectivity index (χ0n) is 16.3. The van der Waals surface area contributed by atoms with Crippen molar-refractivity contribution in [2.75, 3.05) is 6.54 Å². The Labute approximate surface area is 174 Å². The molecule has 0 saturated carbocycles. The van der Waals surface area contributed by atoms with Crippen molar-refractivity contribution in [2.24, 2.45) is 0 Å². The number of carbonyl (C=O) groups excluding carboxylic acids is 3. The van der Waals surface area contributed by atoms with E-state index in [4.69, 9.17) is 11.6 Å². The van der Waals surface area contributed by atoms with Gasteiger partial charge in [-0.2, -0.15) is 5.01 Å². The van der Waals surface area contributed by atoms with E-state index in [2.05, 4.69) is 10.7 Å². The van der Waals surface area contributed by atoms with Crippen molar-refractivity contribution in [3.8, 4) is 0 Å². The number of nitrogens with two attached hydrogens (primary N) is 1. The van der Waals surface area contributed by atoms with Gasteiger partial charge in [-0.1, -0.05) is 67.1 Å². The highest BCUT2D eigenvalue weighted by molar-refractivity contribution is 6.31. The van der Waals surface area contributed by atoms with Crippen LogP contribution in [-0.4, -0.2) is 29.4 Å². The van der Waals surface area contributed by atoms with Gasteiger partial charge in [0.15, 0.2) is 6.54 Å². The van der Waals surface area contributed by atoms with Crippen molar-refractivity contribution in [3.63, 3.8) is 0 Å². The van der Waals surface area contributed by atoms with Crippen molar-refractivity contribution in [2.45, 2.75) is 31.8 Å². The summed E-state index contributed by atoms with van der Waals surface area (Å²) in [6, 6.07) is 15.7. The smallest absolute Gasteiger partial charge is 0.332 e. The van der Waals surface area contributed by atoms with Crippen molar-refractivity contribution < 1.29 is 19.7 Å². The lowest BCUT2D eigenvalue weighted by Gasteiger charge is -2.25. The summed E-state index contributed by atoms with van der Waals surface area (Å²) in [5.74, 6) is -0.948. The van der Waals surface area contributed by atoms with E-state index in [1.54, 1.807) is 35.6 Å². The van der Waals surface area contributed by atoms with Crippen LogP contribution >= 0.6 is 11.6 Å². The molecule has 2 aromatic carbocycles. The number of nitrogens with one attached hydrogen (secondary N) is 2.